The summed E-state index contributed by atoms with van der Waals surface area (Å²) in [5.74, 6) is -0.212. The molecule has 0 saturated carbocycles. The van der Waals surface area contributed by atoms with E-state index in [9.17, 15) is 27.9 Å². The number of likely N-dealkylation sites (N-methyl/N-ethyl adjacent to an activating group) is 1. The third-order valence-corrected chi connectivity index (χ3v) is 6.69. The van der Waals surface area contributed by atoms with E-state index >= 15 is 0 Å². The van der Waals surface area contributed by atoms with Gasteiger partial charge in [-0.3, -0.25) is 14.5 Å². The molecule has 8 nitrogen and oxygen atoms in total. The van der Waals surface area contributed by atoms with E-state index in [1.54, 1.807) is 25.0 Å². The highest BCUT2D eigenvalue weighted by molar-refractivity contribution is 5.99. The van der Waals surface area contributed by atoms with Crippen molar-refractivity contribution in [3.05, 3.63) is 53.6 Å². The number of carbonyl (C=O) groups excluding carboxylic acids is 2. The molecule has 0 spiro atoms. The first-order valence-electron chi connectivity index (χ1n) is 12.8. The molecule has 1 heterocycles. The molecule has 3 atom stereocenters. The number of hydrogen-bond donors (Lipinski definition) is 2. The standard InChI is InChI=1S/C28H36F3N3O5/c1-18-14-34(19(2)17-35)27(37)23-13-21(32-26(36)11-12-28(29,30)31)7-10-24(23)39-25(18)16-33(3)15-20-5-8-22(38-4)9-6-20/h5-10,13,18-19,25,35H,11-12,14-17H2,1-4H3,(H,32,36)/t18-,19-,25-/m1/s1. The van der Waals surface area contributed by atoms with Crippen LogP contribution >= 0.6 is 0 Å². The van der Waals surface area contributed by atoms with Gasteiger partial charge in [-0.05, 0) is 49.9 Å². The maximum absolute atomic E-state index is 13.5. The van der Waals surface area contributed by atoms with E-state index in [4.69, 9.17) is 9.47 Å². The van der Waals surface area contributed by atoms with E-state index in [1.807, 2.05) is 38.2 Å². The van der Waals surface area contributed by atoms with Crippen LogP contribution in [-0.4, -0.2) is 78.9 Å². The van der Waals surface area contributed by atoms with Crippen molar-refractivity contribution in [1.29, 1.82) is 0 Å². The van der Waals surface area contributed by atoms with Gasteiger partial charge in [0, 0.05) is 37.7 Å². The molecule has 2 aromatic rings. The Morgan fingerprint density at radius 1 is 1.26 bits per heavy atom. The monoisotopic (exact) mass is 551 g/mol. The lowest BCUT2D eigenvalue weighted by molar-refractivity contribution is -0.142. The molecule has 11 heteroatoms. The Bertz CT molecular complexity index is 1130. The van der Waals surface area contributed by atoms with Crippen LogP contribution < -0.4 is 14.8 Å². The summed E-state index contributed by atoms with van der Waals surface area (Å²) in [6, 6.07) is 11.7. The quantitative estimate of drug-likeness (QED) is 0.457. The minimum absolute atomic E-state index is 0.0869. The first-order valence-corrected chi connectivity index (χ1v) is 12.8. The van der Waals surface area contributed by atoms with Gasteiger partial charge in [0.2, 0.25) is 5.91 Å². The fourth-order valence-electron chi connectivity index (χ4n) is 4.41. The van der Waals surface area contributed by atoms with Gasteiger partial charge in [0.15, 0.2) is 0 Å². The van der Waals surface area contributed by atoms with Crippen LogP contribution in [0.1, 0.15) is 42.6 Å². The zero-order chi connectivity index (χ0) is 28.7. The van der Waals surface area contributed by atoms with Crippen LogP contribution in [0.3, 0.4) is 0 Å². The number of ether oxygens (including phenoxy) is 2. The van der Waals surface area contributed by atoms with Crippen LogP contribution in [0, 0.1) is 5.92 Å². The third-order valence-electron chi connectivity index (χ3n) is 6.69. The van der Waals surface area contributed by atoms with Crippen LogP contribution in [0.25, 0.3) is 0 Å². The third kappa shape index (κ3) is 8.59. The zero-order valence-electron chi connectivity index (χ0n) is 22.6. The predicted octanol–water partition coefficient (Wildman–Crippen LogP) is 4.33. The Morgan fingerprint density at radius 2 is 1.95 bits per heavy atom. The summed E-state index contributed by atoms with van der Waals surface area (Å²) in [6.45, 7) is 4.99. The highest BCUT2D eigenvalue weighted by atomic mass is 19.4. The topological polar surface area (TPSA) is 91.3 Å². The van der Waals surface area contributed by atoms with Gasteiger partial charge in [-0.1, -0.05) is 19.1 Å². The molecule has 3 rings (SSSR count). The number of halogens is 3. The van der Waals surface area contributed by atoms with Gasteiger partial charge in [0.05, 0.1) is 31.7 Å². The molecule has 0 saturated heterocycles. The average molecular weight is 552 g/mol. The number of nitrogens with one attached hydrogen (secondary N) is 1. The highest BCUT2D eigenvalue weighted by Crippen LogP contribution is 2.31. The van der Waals surface area contributed by atoms with E-state index in [1.165, 1.54) is 12.1 Å². The molecule has 2 N–H and O–H groups in total. The minimum Gasteiger partial charge on any atom is -0.497 e. The fourth-order valence-corrected chi connectivity index (χ4v) is 4.41. The number of alkyl halides is 3. The van der Waals surface area contributed by atoms with Gasteiger partial charge in [0.1, 0.15) is 17.6 Å². The number of rotatable bonds is 10. The van der Waals surface area contributed by atoms with Crippen molar-refractivity contribution in [1.82, 2.24) is 9.80 Å². The highest BCUT2D eigenvalue weighted by Gasteiger charge is 2.34. The normalized spacial score (nSPS) is 18.6. The first kappa shape index (κ1) is 30.2. The van der Waals surface area contributed by atoms with Crippen molar-refractivity contribution in [2.45, 2.75) is 51.6 Å². The van der Waals surface area contributed by atoms with Gasteiger partial charge < -0.3 is 24.8 Å². The fraction of sp³-hybridized carbons (Fsp3) is 0.500. The van der Waals surface area contributed by atoms with Crippen molar-refractivity contribution in [2.75, 3.05) is 39.2 Å². The van der Waals surface area contributed by atoms with E-state index in [2.05, 4.69) is 10.2 Å². The second-order valence-corrected chi connectivity index (χ2v) is 10.0. The average Bonchev–Trinajstić information content (AvgIpc) is 2.89. The Labute approximate surface area is 226 Å². The number of benzene rings is 2. The van der Waals surface area contributed by atoms with Crippen molar-refractivity contribution in [3.8, 4) is 11.5 Å². The first-order chi connectivity index (χ1) is 18.4. The second kappa shape index (κ2) is 13.2. The van der Waals surface area contributed by atoms with Crippen LogP contribution in [0.5, 0.6) is 11.5 Å². The van der Waals surface area contributed by atoms with Crippen LogP contribution in [-0.2, 0) is 11.3 Å². The van der Waals surface area contributed by atoms with Gasteiger partial charge in [-0.15, -0.1) is 0 Å². The smallest absolute Gasteiger partial charge is 0.389 e. The summed E-state index contributed by atoms with van der Waals surface area (Å²) in [5, 5.41) is 12.3. The van der Waals surface area contributed by atoms with E-state index in [-0.39, 0.29) is 29.9 Å². The van der Waals surface area contributed by atoms with Crippen molar-refractivity contribution < 1.29 is 37.3 Å². The number of hydrogen-bond acceptors (Lipinski definition) is 6. The van der Waals surface area contributed by atoms with Crippen LogP contribution in [0.2, 0.25) is 0 Å². The maximum Gasteiger partial charge on any atom is 0.389 e. The molecule has 0 aromatic heterocycles. The van der Waals surface area contributed by atoms with Gasteiger partial charge in [0.25, 0.3) is 5.91 Å². The molecule has 2 aromatic carbocycles. The largest absolute Gasteiger partial charge is 0.497 e. The molecular formula is C28H36F3N3O5. The SMILES string of the molecule is COc1ccc(CN(C)C[C@H]2Oc3ccc(NC(=O)CCC(F)(F)F)cc3C(=O)N([C@H](C)CO)C[C@H]2C)cc1. The van der Waals surface area contributed by atoms with Gasteiger partial charge in [-0.2, -0.15) is 13.2 Å². The molecule has 0 bridgehead atoms. The molecule has 1 aliphatic rings. The number of methoxy groups -OCH3 is 1. The zero-order valence-corrected chi connectivity index (χ0v) is 22.6. The van der Waals surface area contributed by atoms with Crippen molar-refractivity contribution in [3.63, 3.8) is 0 Å². The predicted molar refractivity (Wildman–Crippen MR) is 141 cm³/mol. The molecule has 0 unspecified atom stereocenters. The van der Waals surface area contributed by atoms with Crippen molar-refractivity contribution >= 4 is 17.5 Å². The lowest BCUT2D eigenvalue weighted by atomic mass is 9.99. The molecule has 0 aliphatic carbocycles. The minimum atomic E-state index is -4.44. The molecule has 1 aliphatic heterocycles. The lowest BCUT2D eigenvalue weighted by Gasteiger charge is -2.38. The number of aliphatic hydroxyl groups excluding tert-OH is 1. The van der Waals surface area contributed by atoms with Crippen LogP contribution in [0.4, 0.5) is 18.9 Å². The number of carbonyl (C=O) groups is 2. The van der Waals surface area contributed by atoms with Crippen LogP contribution in [0.15, 0.2) is 42.5 Å². The molecule has 39 heavy (non-hydrogen) atoms. The maximum atomic E-state index is 13.5. The Kier molecular flexibility index (Phi) is 10.2. The summed E-state index contributed by atoms with van der Waals surface area (Å²) < 4.78 is 49.1. The number of aliphatic hydroxyl groups is 1. The summed E-state index contributed by atoms with van der Waals surface area (Å²) in [5.41, 5.74) is 1.45. The number of amides is 2. The Balaban J connectivity index is 1.82. The number of anilines is 1. The van der Waals surface area contributed by atoms with Gasteiger partial charge >= 0.3 is 6.18 Å². The molecule has 2 amide bonds. The van der Waals surface area contributed by atoms with E-state index in [0.717, 1.165) is 11.3 Å². The van der Waals surface area contributed by atoms with E-state index in [0.29, 0.717) is 25.4 Å². The molecule has 0 radical (unpaired) electrons. The number of nitrogens with zero attached hydrogens (tertiary/aromatic N) is 2. The Morgan fingerprint density at radius 3 is 2.56 bits per heavy atom. The Hall–Kier alpha value is -3.31. The summed E-state index contributed by atoms with van der Waals surface area (Å²) >= 11 is 0. The summed E-state index contributed by atoms with van der Waals surface area (Å²) in [4.78, 5) is 29.3. The molecule has 0 fully saturated rings. The van der Waals surface area contributed by atoms with Crippen molar-refractivity contribution in [2.24, 2.45) is 5.92 Å². The second-order valence-electron chi connectivity index (χ2n) is 10.0. The van der Waals surface area contributed by atoms with Gasteiger partial charge in [-0.25, -0.2) is 0 Å². The summed E-state index contributed by atoms with van der Waals surface area (Å²) in [7, 11) is 3.58. The lowest BCUT2D eigenvalue weighted by Crippen LogP contribution is -2.49. The van der Waals surface area contributed by atoms with E-state index < -0.39 is 36.9 Å². The molecule has 214 valence electrons. The number of fused-ring (bicyclic) bond motifs is 1. The summed E-state index contributed by atoms with van der Waals surface area (Å²) in [6.07, 6.45) is -6.73. The molecular weight excluding hydrogens is 515 g/mol.